The summed E-state index contributed by atoms with van der Waals surface area (Å²) < 4.78 is 10.7. The van der Waals surface area contributed by atoms with E-state index in [-0.39, 0.29) is 11.9 Å². The lowest BCUT2D eigenvalue weighted by Gasteiger charge is -2.22. The van der Waals surface area contributed by atoms with Gasteiger partial charge in [0.15, 0.2) is 0 Å². The predicted molar refractivity (Wildman–Crippen MR) is 105 cm³/mol. The number of carbonyl (C=O) groups is 1. The van der Waals surface area contributed by atoms with Crippen molar-refractivity contribution in [3.8, 4) is 17.1 Å². The summed E-state index contributed by atoms with van der Waals surface area (Å²) in [5.74, 6) is 1.78. The second-order valence-corrected chi connectivity index (χ2v) is 7.14. The lowest BCUT2D eigenvalue weighted by atomic mass is 10.1. The van der Waals surface area contributed by atoms with Gasteiger partial charge in [-0.25, -0.2) is 0 Å². The van der Waals surface area contributed by atoms with Gasteiger partial charge >= 0.3 is 0 Å². The number of aromatic nitrogens is 2. The molecular formula is C22H23N3O3. The molecule has 0 radical (unpaired) electrons. The van der Waals surface area contributed by atoms with Crippen LogP contribution in [0, 0.1) is 13.8 Å². The number of nitrogens with zero attached hydrogens (tertiary/aromatic N) is 3. The molecule has 0 bridgehead atoms. The first kappa shape index (κ1) is 18.2. The molecule has 2 heterocycles. The lowest BCUT2D eigenvalue weighted by molar-refractivity contribution is 0.0710. The third-order valence-electron chi connectivity index (χ3n) is 5.34. The minimum Gasteiger partial charge on any atom is -0.497 e. The fourth-order valence-corrected chi connectivity index (χ4v) is 3.53. The van der Waals surface area contributed by atoms with Crippen LogP contribution in [0.3, 0.4) is 0 Å². The number of hydrogen-bond acceptors (Lipinski definition) is 5. The van der Waals surface area contributed by atoms with Crippen molar-refractivity contribution in [3.05, 3.63) is 65.0 Å². The molecule has 0 N–H and O–H groups in total. The van der Waals surface area contributed by atoms with Crippen LogP contribution in [0.4, 0.5) is 0 Å². The Balaban J connectivity index is 1.57. The van der Waals surface area contributed by atoms with Crippen LogP contribution in [0.1, 0.15) is 46.3 Å². The monoisotopic (exact) mass is 377 g/mol. The predicted octanol–water partition coefficient (Wildman–Crippen LogP) is 4.34. The minimum atomic E-state index is -0.186. The third-order valence-corrected chi connectivity index (χ3v) is 5.34. The summed E-state index contributed by atoms with van der Waals surface area (Å²) in [6, 6.07) is 13.1. The number of hydrogen-bond donors (Lipinski definition) is 0. The number of carbonyl (C=O) groups excluding carboxylic acids is 1. The smallest absolute Gasteiger partial charge is 0.254 e. The van der Waals surface area contributed by atoms with Crippen molar-refractivity contribution >= 4 is 5.91 Å². The van der Waals surface area contributed by atoms with Gasteiger partial charge in [0.2, 0.25) is 11.7 Å². The van der Waals surface area contributed by atoms with Gasteiger partial charge in [0.1, 0.15) is 11.8 Å². The van der Waals surface area contributed by atoms with Gasteiger partial charge in [-0.3, -0.25) is 4.79 Å². The molecular weight excluding hydrogens is 354 g/mol. The standard InChI is InChI=1S/C22H23N3O3/c1-14-6-7-17(13-15(14)2)22(26)25-12-4-5-19(25)21-23-20(24-28-21)16-8-10-18(27-3)11-9-16/h6-11,13,19H,4-5,12H2,1-3H3. The van der Waals surface area contributed by atoms with E-state index in [4.69, 9.17) is 9.26 Å². The molecule has 6 heteroatoms. The van der Waals surface area contributed by atoms with Crippen LogP contribution in [-0.2, 0) is 0 Å². The van der Waals surface area contributed by atoms with Gasteiger partial charge in [-0.05, 0) is 74.2 Å². The minimum absolute atomic E-state index is 0.00907. The average molecular weight is 377 g/mol. The van der Waals surface area contributed by atoms with Crippen molar-refractivity contribution in [2.45, 2.75) is 32.7 Å². The van der Waals surface area contributed by atoms with Crippen molar-refractivity contribution in [2.75, 3.05) is 13.7 Å². The quantitative estimate of drug-likeness (QED) is 0.676. The Kier molecular flexibility index (Phi) is 4.86. The summed E-state index contributed by atoms with van der Waals surface area (Å²) in [5.41, 5.74) is 3.84. The van der Waals surface area contributed by atoms with Crippen molar-refractivity contribution in [1.29, 1.82) is 0 Å². The summed E-state index contributed by atoms with van der Waals surface area (Å²) in [6.45, 7) is 4.75. The van der Waals surface area contributed by atoms with Crippen molar-refractivity contribution in [1.82, 2.24) is 15.0 Å². The van der Waals surface area contributed by atoms with Crippen LogP contribution >= 0.6 is 0 Å². The Bertz CT molecular complexity index is 995. The van der Waals surface area contributed by atoms with Crippen LogP contribution in [-0.4, -0.2) is 34.6 Å². The second-order valence-electron chi connectivity index (χ2n) is 7.14. The van der Waals surface area contributed by atoms with Gasteiger partial charge in [-0.1, -0.05) is 11.2 Å². The number of rotatable bonds is 4. The van der Waals surface area contributed by atoms with Crippen molar-refractivity contribution in [2.24, 2.45) is 0 Å². The zero-order valence-corrected chi connectivity index (χ0v) is 16.3. The Morgan fingerprint density at radius 3 is 2.64 bits per heavy atom. The molecule has 1 saturated heterocycles. The summed E-state index contributed by atoms with van der Waals surface area (Å²) in [5, 5.41) is 4.11. The first-order valence-corrected chi connectivity index (χ1v) is 9.43. The van der Waals surface area contributed by atoms with E-state index in [1.165, 1.54) is 5.56 Å². The highest BCUT2D eigenvalue weighted by Crippen LogP contribution is 2.33. The number of amides is 1. The molecule has 28 heavy (non-hydrogen) atoms. The SMILES string of the molecule is COc1ccc(-c2noc(C3CCCN3C(=O)c3ccc(C)c(C)c3)n2)cc1. The maximum Gasteiger partial charge on any atom is 0.254 e. The van der Waals surface area contributed by atoms with Crippen LogP contribution in [0.15, 0.2) is 47.0 Å². The Morgan fingerprint density at radius 1 is 1.14 bits per heavy atom. The molecule has 1 unspecified atom stereocenters. The molecule has 3 aromatic rings. The molecule has 2 aromatic carbocycles. The van der Waals surface area contributed by atoms with Gasteiger partial charge in [-0.15, -0.1) is 0 Å². The van der Waals surface area contributed by atoms with Gasteiger partial charge in [0.25, 0.3) is 5.91 Å². The Morgan fingerprint density at radius 2 is 1.93 bits per heavy atom. The average Bonchev–Trinajstić information content (AvgIpc) is 3.39. The maximum atomic E-state index is 13.1. The summed E-state index contributed by atoms with van der Waals surface area (Å²) in [4.78, 5) is 19.5. The van der Waals surface area contributed by atoms with E-state index < -0.39 is 0 Å². The van der Waals surface area contributed by atoms with E-state index in [0.717, 1.165) is 29.7 Å². The molecule has 4 rings (SSSR count). The molecule has 1 amide bonds. The van der Waals surface area contributed by atoms with Gasteiger partial charge in [0, 0.05) is 17.7 Å². The normalized spacial score (nSPS) is 16.4. The third kappa shape index (κ3) is 3.38. The van der Waals surface area contributed by atoms with Crippen LogP contribution < -0.4 is 4.74 Å². The molecule has 6 nitrogen and oxygen atoms in total. The molecule has 0 saturated carbocycles. The highest BCUT2D eigenvalue weighted by Gasteiger charge is 2.34. The van der Waals surface area contributed by atoms with Crippen LogP contribution in [0.5, 0.6) is 5.75 Å². The number of benzene rings is 2. The molecule has 0 aliphatic carbocycles. The van der Waals surface area contributed by atoms with E-state index in [2.05, 4.69) is 10.1 Å². The molecule has 1 fully saturated rings. The van der Waals surface area contributed by atoms with Gasteiger partial charge < -0.3 is 14.2 Å². The van der Waals surface area contributed by atoms with Gasteiger partial charge in [-0.2, -0.15) is 4.98 Å². The van der Waals surface area contributed by atoms with Crippen molar-refractivity contribution < 1.29 is 14.1 Å². The van der Waals surface area contributed by atoms with E-state index in [1.807, 2.05) is 61.2 Å². The van der Waals surface area contributed by atoms with E-state index >= 15 is 0 Å². The molecule has 1 atom stereocenters. The fourth-order valence-electron chi connectivity index (χ4n) is 3.53. The highest BCUT2D eigenvalue weighted by molar-refractivity contribution is 5.95. The van der Waals surface area contributed by atoms with Gasteiger partial charge in [0.05, 0.1) is 7.11 Å². The number of ether oxygens (including phenoxy) is 1. The number of aryl methyl sites for hydroxylation is 2. The maximum absolute atomic E-state index is 13.1. The second kappa shape index (κ2) is 7.46. The summed E-state index contributed by atoms with van der Waals surface area (Å²) in [7, 11) is 1.63. The van der Waals surface area contributed by atoms with Crippen LogP contribution in [0.25, 0.3) is 11.4 Å². The largest absolute Gasteiger partial charge is 0.497 e. The Labute approximate surface area is 164 Å². The van der Waals surface area contributed by atoms with E-state index in [1.54, 1.807) is 7.11 Å². The lowest BCUT2D eigenvalue weighted by Crippen LogP contribution is -2.30. The molecule has 1 aliphatic heterocycles. The number of methoxy groups -OCH3 is 1. The number of likely N-dealkylation sites (tertiary alicyclic amines) is 1. The molecule has 0 spiro atoms. The molecule has 1 aliphatic rings. The zero-order chi connectivity index (χ0) is 19.7. The van der Waals surface area contributed by atoms with E-state index in [9.17, 15) is 4.79 Å². The fraction of sp³-hybridized carbons (Fsp3) is 0.318. The summed E-state index contributed by atoms with van der Waals surface area (Å²) >= 11 is 0. The van der Waals surface area contributed by atoms with Crippen molar-refractivity contribution in [3.63, 3.8) is 0 Å². The first-order valence-electron chi connectivity index (χ1n) is 9.43. The zero-order valence-electron chi connectivity index (χ0n) is 16.3. The first-order chi connectivity index (χ1) is 13.6. The Hall–Kier alpha value is -3.15. The molecule has 1 aromatic heterocycles. The molecule has 144 valence electrons. The highest BCUT2D eigenvalue weighted by atomic mass is 16.5. The summed E-state index contributed by atoms with van der Waals surface area (Å²) in [6.07, 6.45) is 1.74. The topological polar surface area (TPSA) is 68.5 Å². The van der Waals surface area contributed by atoms with Crippen LogP contribution in [0.2, 0.25) is 0 Å². The van der Waals surface area contributed by atoms with E-state index in [0.29, 0.717) is 23.8 Å².